The lowest BCUT2D eigenvalue weighted by molar-refractivity contribution is 0.0711. The van der Waals surface area contributed by atoms with Crippen molar-refractivity contribution >= 4 is 7.60 Å². The Morgan fingerprint density at radius 3 is 1.79 bits per heavy atom. The summed E-state index contributed by atoms with van der Waals surface area (Å²) >= 11 is 0. The number of para-hydroxylation sites is 1. The van der Waals surface area contributed by atoms with Crippen LogP contribution in [-0.2, 0) is 13.6 Å². The van der Waals surface area contributed by atoms with Gasteiger partial charge in [0.1, 0.15) is 5.75 Å². The molecule has 5 heteroatoms. The molecule has 0 radical (unpaired) electrons. The molecule has 0 unspecified atom stereocenters. The highest BCUT2D eigenvalue weighted by Gasteiger charge is 2.34. The van der Waals surface area contributed by atoms with Crippen molar-refractivity contribution in [2.45, 2.75) is 76.4 Å². The summed E-state index contributed by atoms with van der Waals surface area (Å²) in [6, 6.07) is 9.48. The Morgan fingerprint density at radius 2 is 1.29 bits per heavy atom. The largest absolute Gasteiger partial charge is 0.481 e. The van der Waals surface area contributed by atoms with Gasteiger partial charge in [-0.15, -0.1) is 0 Å². The van der Waals surface area contributed by atoms with Crippen LogP contribution in [0, 0.1) is 0 Å². The molecule has 1 aromatic rings. The lowest BCUT2D eigenvalue weighted by Crippen LogP contribution is -2.22. The topological polar surface area (TPSA) is 44.8 Å². The molecule has 0 bridgehead atoms. The summed E-state index contributed by atoms with van der Waals surface area (Å²) in [5.74, 6) is 0.706. The van der Waals surface area contributed by atoms with Gasteiger partial charge in [0, 0.05) is 0 Å². The van der Waals surface area contributed by atoms with Gasteiger partial charge in [-0.2, -0.15) is 0 Å². The number of hydrogen-bond donors (Lipinski definition) is 0. The molecular formula is C19H29O4P. The minimum Gasteiger partial charge on any atom is -0.481 e. The van der Waals surface area contributed by atoms with Crippen molar-refractivity contribution in [2.75, 3.05) is 6.35 Å². The molecule has 24 heavy (non-hydrogen) atoms. The predicted octanol–water partition coefficient (Wildman–Crippen LogP) is 5.91. The highest BCUT2D eigenvalue weighted by atomic mass is 31.2. The fraction of sp³-hybridized carbons (Fsp3) is 0.684. The molecule has 0 aliphatic heterocycles. The molecule has 4 nitrogen and oxygen atoms in total. The van der Waals surface area contributed by atoms with Crippen LogP contribution in [0.4, 0.5) is 0 Å². The van der Waals surface area contributed by atoms with E-state index in [-0.39, 0.29) is 18.6 Å². The van der Waals surface area contributed by atoms with Gasteiger partial charge in [0.2, 0.25) is 0 Å². The van der Waals surface area contributed by atoms with E-state index in [1.54, 1.807) is 0 Å². The van der Waals surface area contributed by atoms with E-state index >= 15 is 0 Å². The molecule has 0 amide bonds. The molecule has 2 saturated carbocycles. The van der Waals surface area contributed by atoms with Crippen LogP contribution in [0.1, 0.15) is 64.2 Å². The average Bonchev–Trinajstić information content (AvgIpc) is 2.63. The third kappa shape index (κ3) is 5.61. The lowest BCUT2D eigenvalue weighted by atomic mass is 9.98. The highest BCUT2D eigenvalue weighted by molar-refractivity contribution is 7.53. The maximum atomic E-state index is 13.4. The van der Waals surface area contributed by atoms with Gasteiger partial charge in [-0.25, -0.2) is 0 Å². The fourth-order valence-corrected chi connectivity index (χ4v) is 5.36. The van der Waals surface area contributed by atoms with E-state index in [9.17, 15) is 4.57 Å². The molecule has 2 aliphatic rings. The van der Waals surface area contributed by atoms with Crippen LogP contribution in [0.25, 0.3) is 0 Å². The predicted molar refractivity (Wildman–Crippen MR) is 95.5 cm³/mol. The molecule has 0 heterocycles. The molecule has 0 saturated heterocycles. The van der Waals surface area contributed by atoms with E-state index in [0.29, 0.717) is 5.75 Å². The van der Waals surface area contributed by atoms with Crippen LogP contribution < -0.4 is 4.74 Å². The Balaban J connectivity index is 1.62. The van der Waals surface area contributed by atoms with Crippen molar-refractivity contribution in [1.82, 2.24) is 0 Å². The maximum Gasteiger partial charge on any atom is 0.368 e. The first kappa shape index (κ1) is 18.0. The minimum atomic E-state index is -3.24. The summed E-state index contributed by atoms with van der Waals surface area (Å²) < 4.78 is 31.1. The van der Waals surface area contributed by atoms with Gasteiger partial charge in [0.15, 0.2) is 6.35 Å². The third-order valence-corrected chi connectivity index (χ3v) is 6.54. The smallest absolute Gasteiger partial charge is 0.368 e. The van der Waals surface area contributed by atoms with Crippen molar-refractivity contribution in [3.8, 4) is 5.75 Å². The van der Waals surface area contributed by atoms with E-state index in [2.05, 4.69) is 0 Å². The van der Waals surface area contributed by atoms with Crippen LogP contribution in [0.15, 0.2) is 30.3 Å². The van der Waals surface area contributed by atoms with Crippen molar-refractivity contribution in [3.63, 3.8) is 0 Å². The van der Waals surface area contributed by atoms with E-state index < -0.39 is 7.60 Å². The number of ether oxygens (including phenoxy) is 1. The molecule has 3 rings (SSSR count). The first-order valence-electron chi connectivity index (χ1n) is 9.37. The van der Waals surface area contributed by atoms with Crippen molar-refractivity contribution < 1.29 is 18.3 Å². The van der Waals surface area contributed by atoms with Crippen LogP contribution in [-0.4, -0.2) is 18.6 Å². The Hall–Kier alpha value is -0.830. The zero-order chi connectivity index (χ0) is 16.7. The first-order chi connectivity index (χ1) is 11.7. The van der Waals surface area contributed by atoms with Crippen LogP contribution in [0.3, 0.4) is 0 Å². The molecule has 2 fully saturated rings. The van der Waals surface area contributed by atoms with Crippen LogP contribution >= 0.6 is 7.60 Å². The van der Waals surface area contributed by atoms with E-state index in [1.807, 2.05) is 30.3 Å². The monoisotopic (exact) mass is 352 g/mol. The summed E-state index contributed by atoms with van der Waals surface area (Å²) in [7, 11) is -3.24. The van der Waals surface area contributed by atoms with Gasteiger partial charge in [-0.3, -0.25) is 4.57 Å². The molecular weight excluding hydrogens is 323 g/mol. The zero-order valence-corrected chi connectivity index (χ0v) is 15.3. The summed E-state index contributed by atoms with van der Waals surface area (Å²) in [5, 5.41) is 0. The quantitative estimate of drug-likeness (QED) is 0.572. The molecule has 0 aromatic heterocycles. The summed E-state index contributed by atoms with van der Waals surface area (Å²) in [6.45, 7) is 0. The Kier molecular flexibility index (Phi) is 6.76. The second-order valence-electron chi connectivity index (χ2n) is 6.93. The van der Waals surface area contributed by atoms with Gasteiger partial charge in [-0.1, -0.05) is 56.7 Å². The first-order valence-corrected chi connectivity index (χ1v) is 11.1. The fourth-order valence-electron chi connectivity index (χ4n) is 3.55. The van der Waals surface area contributed by atoms with Crippen LogP contribution in [0.2, 0.25) is 0 Å². The molecule has 0 spiro atoms. The van der Waals surface area contributed by atoms with E-state index in [4.69, 9.17) is 13.8 Å². The summed E-state index contributed by atoms with van der Waals surface area (Å²) in [6.07, 6.45) is 11.1. The Labute approximate surface area is 145 Å². The zero-order valence-electron chi connectivity index (χ0n) is 14.4. The van der Waals surface area contributed by atoms with Crippen molar-refractivity contribution in [1.29, 1.82) is 0 Å². The summed E-state index contributed by atoms with van der Waals surface area (Å²) in [5.41, 5.74) is 0. The Morgan fingerprint density at radius 1 is 0.792 bits per heavy atom. The molecule has 134 valence electrons. The number of hydrogen-bond acceptors (Lipinski definition) is 4. The SMILES string of the molecule is O=P(COc1ccccc1)(OC1CCCCC1)OC1CCCCC1. The third-order valence-electron chi connectivity index (χ3n) is 4.86. The van der Waals surface area contributed by atoms with E-state index in [1.165, 1.54) is 12.8 Å². The molecule has 1 aromatic carbocycles. The van der Waals surface area contributed by atoms with Crippen molar-refractivity contribution in [3.05, 3.63) is 30.3 Å². The highest BCUT2D eigenvalue weighted by Crippen LogP contribution is 2.53. The summed E-state index contributed by atoms with van der Waals surface area (Å²) in [4.78, 5) is 0. The Bertz CT molecular complexity index is 497. The maximum absolute atomic E-state index is 13.4. The molecule has 2 aliphatic carbocycles. The number of benzene rings is 1. The second-order valence-corrected chi connectivity index (χ2v) is 8.83. The second kappa shape index (κ2) is 9.03. The normalized spacial score (nSPS) is 20.8. The lowest BCUT2D eigenvalue weighted by Gasteiger charge is -2.31. The van der Waals surface area contributed by atoms with Crippen molar-refractivity contribution in [2.24, 2.45) is 0 Å². The van der Waals surface area contributed by atoms with Crippen LogP contribution in [0.5, 0.6) is 5.75 Å². The molecule has 0 atom stereocenters. The molecule has 0 N–H and O–H groups in total. The standard InChI is InChI=1S/C19H29O4P/c20-24(22-18-12-6-2-7-13-18,23-19-14-8-3-9-15-19)16-21-17-10-4-1-5-11-17/h1,4-5,10-11,18-19H,2-3,6-9,12-16H2. The van der Waals surface area contributed by atoms with Gasteiger partial charge in [-0.05, 0) is 37.8 Å². The minimum absolute atomic E-state index is 0.00398. The van der Waals surface area contributed by atoms with Gasteiger partial charge < -0.3 is 13.8 Å². The van der Waals surface area contributed by atoms with Gasteiger partial charge in [0.25, 0.3) is 0 Å². The van der Waals surface area contributed by atoms with Gasteiger partial charge >= 0.3 is 7.60 Å². The van der Waals surface area contributed by atoms with E-state index in [0.717, 1.165) is 51.4 Å². The van der Waals surface area contributed by atoms with Gasteiger partial charge in [0.05, 0.1) is 12.2 Å². The average molecular weight is 352 g/mol. The number of rotatable bonds is 7.